The van der Waals surface area contributed by atoms with Crippen molar-refractivity contribution in [2.24, 2.45) is 0 Å². The first kappa shape index (κ1) is 16.0. The van der Waals surface area contributed by atoms with Gasteiger partial charge in [-0.15, -0.1) is 0 Å². The van der Waals surface area contributed by atoms with Gasteiger partial charge in [0.05, 0.1) is 17.7 Å². The van der Waals surface area contributed by atoms with Crippen molar-refractivity contribution in [1.82, 2.24) is 5.32 Å². The van der Waals surface area contributed by atoms with Crippen LogP contribution < -0.4 is 5.32 Å². The molecule has 0 saturated heterocycles. The van der Waals surface area contributed by atoms with Crippen LogP contribution in [0.1, 0.15) is 47.4 Å². The van der Waals surface area contributed by atoms with E-state index in [1.54, 1.807) is 24.3 Å². The number of rotatable bonds is 7. The lowest BCUT2D eigenvalue weighted by Gasteiger charge is -2.08. The summed E-state index contributed by atoms with van der Waals surface area (Å²) < 4.78 is 5.17. The van der Waals surface area contributed by atoms with Crippen molar-refractivity contribution in [2.45, 2.75) is 26.7 Å². The first-order valence-electron chi connectivity index (χ1n) is 6.90. The standard InChI is InChI=1S/C16H21NO3/c1-3-5-6-9-12-20-16(19)14-11-8-7-10-13(14)15(18)17-4-2/h5-8,10-11H,3-4,9,12H2,1-2H3,(H,17,18)/b6-5-. The van der Waals surface area contributed by atoms with Gasteiger partial charge in [-0.3, -0.25) is 4.79 Å². The molecule has 0 bridgehead atoms. The number of ether oxygens (including phenoxy) is 1. The Morgan fingerprint density at radius 2 is 1.85 bits per heavy atom. The van der Waals surface area contributed by atoms with Crippen molar-refractivity contribution in [3.63, 3.8) is 0 Å². The van der Waals surface area contributed by atoms with Crippen molar-refractivity contribution in [3.05, 3.63) is 47.5 Å². The van der Waals surface area contributed by atoms with Gasteiger partial charge in [-0.1, -0.05) is 31.2 Å². The topological polar surface area (TPSA) is 55.4 Å². The maximum Gasteiger partial charge on any atom is 0.338 e. The summed E-state index contributed by atoms with van der Waals surface area (Å²) in [5, 5.41) is 2.68. The highest BCUT2D eigenvalue weighted by Crippen LogP contribution is 2.10. The van der Waals surface area contributed by atoms with Crippen molar-refractivity contribution in [2.75, 3.05) is 13.2 Å². The second kappa shape index (κ2) is 8.91. The summed E-state index contributed by atoms with van der Waals surface area (Å²) in [5.41, 5.74) is 0.654. The molecule has 0 aliphatic rings. The minimum Gasteiger partial charge on any atom is -0.462 e. The van der Waals surface area contributed by atoms with Gasteiger partial charge < -0.3 is 10.1 Å². The van der Waals surface area contributed by atoms with Crippen LogP contribution in [0.15, 0.2) is 36.4 Å². The van der Waals surface area contributed by atoms with E-state index in [0.29, 0.717) is 30.7 Å². The maximum absolute atomic E-state index is 12.0. The Hall–Kier alpha value is -2.10. The summed E-state index contributed by atoms with van der Waals surface area (Å²) in [4.78, 5) is 23.8. The molecule has 0 aliphatic heterocycles. The largest absolute Gasteiger partial charge is 0.462 e. The third-order valence-corrected chi connectivity index (χ3v) is 2.65. The summed E-state index contributed by atoms with van der Waals surface area (Å²) in [6.45, 7) is 4.72. The first-order valence-corrected chi connectivity index (χ1v) is 6.90. The van der Waals surface area contributed by atoms with E-state index < -0.39 is 5.97 Å². The van der Waals surface area contributed by atoms with Crippen molar-refractivity contribution in [1.29, 1.82) is 0 Å². The van der Waals surface area contributed by atoms with Crippen molar-refractivity contribution >= 4 is 11.9 Å². The molecule has 0 spiro atoms. The van der Waals surface area contributed by atoms with Gasteiger partial charge >= 0.3 is 5.97 Å². The van der Waals surface area contributed by atoms with Crippen LogP contribution in [0.25, 0.3) is 0 Å². The smallest absolute Gasteiger partial charge is 0.338 e. The van der Waals surface area contributed by atoms with Crippen LogP contribution in [0.2, 0.25) is 0 Å². The minimum atomic E-state index is -0.461. The van der Waals surface area contributed by atoms with E-state index in [1.165, 1.54) is 0 Å². The monoisotopic (exact) mass is 275 g/mol. The molecule has 1 aromatic carbocycles. The zero-order valence-electron chi connectivity index (χ0n) is 12.0. The summed E-state index contributed by atoms with van der Waals surface area (Å²) >= 11 is 0. The highest BCUT2D eigenvalue weighted by molar-refractivity contribution is 6.05. The average molecular weight is 275 g/mol. The van der Waals surface area contributed by atoms with Gasteiger partial charge in [-0.25, -0.2) is 4.79 Å². The second-order valence-corrected chi connectivity index (χ2v) is 4.21. The average Bonchev–Trinajstić information content (AvgIpc) is 2.47. The Balaban J connectivity index is 2.68. The highest BCUT2D eigenvalue weighted by Gasteiger charge is 2.16. The number of amides is 1. The quantitative estimate of drug-likeness (QED) is 0.473. The fraction of sp³-hybridized carbons (Fsp3) is 0.375. The Labute approximate surface area is 119 Å². The number of carbonyl (C=O) groups is 2. The van der Waals surface area contributed by atoms with Crippen molar-refractivity contribution in [3.8, 4) is 0 Å². The van der Waals surface area contributed by atoms with Crippen LogP contribution >= 0.6 is 0 Å². The molecule has 1 amide bonds. The predicted molar refractivity (Wildman–Crippen MR) is 78.8 cm³/mol. The summed E-state index contributed by atoms with van der Waals surface area (Å²) in [5.74, 6) is -0.720. The molecule has 0 aromatic heterocycles. The lowest BCUT2D eigenvalue weighted by molar-refractivity contribution is 0.0508. The Morgan fingerprint density at radius 3 is 2.50 bits per heavy atom. The second-order valence-electron chi connectivity index (χ2n) is 4.21. The van der Waals surface area contributed by atoms with Gasteiger partial charge in [0, 0.05) is 6.54 Å². The molecule has 0 aliphatic carbocycles. The zero-order valence-corrected chi connectivity index (χ0v) is 12.0. The third kappa shape index (κ3) is 4.88. The number of esters is 1. The zero-order chi connectivity index (χ0) is 14.8. The summed E-state index contributed by atoms with van der Waals surface area (Å²) in [6, 6.07) is 6.68. The van der Waals surface area contributed by atoms with E-state index in [2.05, 4.69) is 5.32 Å². The van der Waals surface area contributed by atoms with Crippen molar-refractivity contribution < 1.29 is 14.3 Å². The fourth-order valence-electron chi connectivity index (χ4n) is 1.70. The normalized spacial score (nSPS) is 10.5. The lowest BCUT2D eigenvalue weighted by atomic mass is 10.1. The first-order chi connectivity index (χ1) is 9.70. The van der Waals surface area contributed by atoms with Crippen LogP contribution in [0.5, 0.6) is 0 Å². The summed E-state index contributed by atoms with van der Waals surface area (Å²) in [6.07, 6.45) is 5.65. The molecule has 0 heterocycles. The number of carbonyl (C=O) groups excluding carboxylic acids is 2. The molecule has 0 fully saturated rings. The molecule has 4 heteroatoms. The molecular weight excluding hydrogens is 254 g/mol. The number of hydrogen-bond donors (Lipinski definition) is 1. The lowest BCUT2D eigenvalue weighted by Crippen LogP contribution is -2.25. The Bertz CT molecular complexity index is 480. The van der Waals surface area contributed by atoms with E-state index in [-0.39, 0.29) is 5.91 Å². The molecular formula is C16H21NO3. The Morgan fingerprint density at radius 1 is 1.15 bits per heavy atom. The number of benzene rings is 1. The molecule has 0 saturated carbocycles. The van der Waals surface area contributed by atoms with Gasteiger partial charge in [0.25, 0.3) is 5.91 Å². The molecule has 1 aromatic rings. The van der Waals surface area contributed by atoms with Crippen LogP contribution in [-0.2, 0) is 4.74 Å². The highest BCUT2D eigenvalue weighted by atomic mass is 16.5. The van der Waals surface area contributed by atoms with Gasteiger partial charge in [0.15, 0.2) is 0 Å². The van der Waals surface area contributed by atoms with Gasteiger partial charge in [0.1, 0.15) is 0 Å². The van der Waals surface area contributed by atoms with E-state index in [1.807, 2.05) is 26.0 Å². The molecule has 108 valence electrons. The summed E-state index contributed by atoms with van der Waals surface area (Å²) in [7, 11) is 0. The molecule has 4 nitrogen and oxygen atoms in total. The third-order valence-electron chi connectivity index (χ3n) is 2.65. The fourth-order valence-corrected chi connectivity index (χ4v) is 1.70. The predicted octanol–water partition coefficient (Wildman–Crippen LogP) is 2.95. The molecule has 1 rings (SSSR count). The van der Waals surface area contributed by atoms with Crippen LogP contribution in [-0.4, -0.2) is 25.0 Å². The van der Waals surface area contributed by atoms with Gasteiger partial charge in [-0.2, -0.15) is 0 Å². The molecule has 0 unspecified atom stereocenters. The molecule has 20 heavy (non-hydrogen) atoms. The van der Waals surface area contributed by atoms with Gasteiger partial charge in [0.2, 0.25) is 0 Å². The van der Waals surface area contributed by atoms with Crippen LogP contribution in [0.4, 0.5) is 0 Å². The van der Waals surface area contributed by atoms with Crippen LogP contribution in [0, 0.1) is 0 Å². The van der Waals surface area contributed by atoms with E-state index >= 15 is 0 Å². The molecule has 0 atom stereocenters. The van der Waals surface area contributed by atoms with E-state index in [0.717, 1.165) is 6.42 Å². The maximum atomic E-state index is 12.0. The number of allylic oxidation sites excluding steroid dienone is 1. The SMILES string of the molecule is CC/C=C\CCOC(=O)c1ccccc1C(=O)NCC. The van der Waals surface area contributed by atoms with E-state index in [4.69, 9.17) is 4.74 Å². The number of nitrogens with one attached hydrogen (secondary N) is 1. The Kier molecular flexibility index (Phi) is 7.11. The van der Waals surface area contributed by atoms with Gasteiger partial charge in [-0.05, 0) is 31.9 Å². The van der Waals surface area contributed by atoms with Crippen LogP contribution in [0.3, 0.4) is 0 Å². The molecule has 1 N–H and O–H groups in total. The molecule has 0 radical (unpaired) electrons. The minimum absolute atomic E-state index is 0.258. The number of hydrogen-bond acceptors (Lipinski definition) is 3. The van der Waals surface area contributed by atoms with E-state index in [9.17, 15) is 9.59 Å².